The van der Waals surface area contributed by atoms with E-state index in [1.54, 1.807) is 6.07 Å². The van der Waals surface area contributed by atoms with Crippen LogP contribution in [0.2, 0.25) is 0 Å². The van der Waals surface area contributed by atoms with Gasteiger partial charge < -0.3 is 5.32 Å². The summed E-state index contributed by atoms with van der Waals surface area (Å²) in [7, 11) is 0. The highest BCUT2D eigenvalue weighted by Crippen LogP contribution is 2.60. The van der Waals surface area contributed by atoms with Crippen LogP contribution in [0, 0.1) is 17.8 Å². The van der Waals surface area contributed by atoms with Crippen molar-refractivity contribution < 1.29 is 4.79 Å². The van der Waals surface area contributed by atoms with E-state index in [4.69, 9.17) is 0 Å². The molecule has 0 atom stereocenters. The zero-order valence-electron chi connectivity index (χ0n) is 17.6. The number of aromatic amines is 1. The van der Waals surface area contributed by atoms with E-state index >= 15 is 0 Å². The molecule has 7 rings (SSSR count). The van der Waals surface area contributed by atoms with Gasteiger partial charge in [-0.2, -0.15) is 5.10 Å². The highest BCUT2D eigenvalue weighted by atomic mass is 16.1. The van der Waals surface area contributed by atoms with Crippen LogP contribution in [0.1, 0.15) is 49.8 Å². The van der Waals surface area contributed by atoms with E-state index < -0.39 is 0 Å². The van der Waals surface area contributed by atoms with Gasteiger partial charge in [0.1, 0.15) is 0 Å². The molecule has 0 radical (unpaired) electrons. The van der Waals surface area contributed by atoms with Crippen LogP contribution in [0.15, 0.2) is 53.3 Å². The number of rotatable bonds is 4. The lowest BCUT2D eigenvalue weighted by atomic mass is 9.48. The van der Waals surface area contributed by atoms with Crippen LogP contribution in [0.5, 0.6) is 0 Å². The fourth-order valence-electron chi connectivity index (χ4n) is 7.03. The smallest absolute Gasteiger partial charge is 0.272 e. The molecule has 0 aliphatic heterocycles. The molecular weight excluding hydrogens is 386 g/mol. The second-order valence-electron chi connectivity index (χ2n) is 10.0. The number of hydrogen-bond acceptors (Lipinski definition) is 3. The Hall–Kier alpha value is -2.95. The Bertz CT molecular complexity index is 1180. The summed E-state index contributed by atoms with van der Waals surface area (Å²) in [5.74, 6) is 2.63. The summed E-state index contributed by atoms with van der Waals surface area (Å²) in [6.45, 7) is 0. The van der Waals surface area contributed by atoms with E-state index in [1.807, 2.05) is 30.3 Å². The number of H-pyrrole nitrogens is 1. The number of carbonyl (C=O) groups excluding carboxylic acids is 1. The lowest BCUT2D eigenvalue weighted by Gasteiger charge is -2.57. The number of carbonyl (C=O) groups is 1. The van der Waals surface area contributed by atoms with Gasteiger partial charge >= 0.3 is 0 Å². The zero-order valence-corrected chi connectivity index (χ0v) is 17.6. The normalized spacial score (nSPS) is 28.7. The van der Waals surface area contributed by atoms with Gasteiger partial charge in [0.2, 0.25) is 5.91 Å². The summed E-state index contributed by atoms with van der Waals surface area (Å²) in [6.07, 6.45) is 8.48. The first kappa shape index (κ1) is 18.8. The highest BCUT2D eigenvalue weighted by Gasteiger charge is 2.51. The minimum Gasteiger partial charge on any atom is -0.326 e. The lowest BCUT2D eigenvalue weighted by Crippen LogP contribution is -2.48. The number of amides is 1. The van der Waals surface area contributed by atoms with Crippen molar-refractivity contribution in [2.75, 3.05) is 5.32 Å². The van der Waals surface area contributed by atoms with Crippen molar-refractivity contribution in [3.8, 4) is 0 Å². The summed E-state index contributed by atoms with van der Waals surface area (Å²) in [5.41, 5.74) is 2.98. The Morgan fingerprint density at radius 1 is 0.935 bits per heavy atom. The first-order chi connectivity index (χ1) is 15.1. The number of fused-ring (bicyclic) bond motifs is 1. The van der Waals surface area contributed by atoms with E-state index in [0.29, 0.717) is 16.5 Å². The van der Waals surface area contributed by atoms with Gasteiger partial charge in [0.25, 0.3) is 5.56 Å². The Labute approximate surface area is 181 Å². The summed E-state index contributed by atoms with van der Waals surface area (Å²) < 4.78 is 0. The maximum Gasteiger partial charge on any atom is 0.272 e. The second-order valence-corrected chi connectivity index (χ2v) is 10.0. The zero-order chi connectivity index (χ0) is 21.0. The summed E-state index contributed by atoms with van der Waals surface area (Å²) >= 11 is 0. The Balaban J connectivity index is 1.18. The number of anilines is 1. The molecule has 158 valence electrons. The van der Waals surface area contributed by atoms with E-state index in [1.165, 1.54) is 44.1 Å². The number of benzene rings is 2. The molecule has 1 aromatic heterocycles. The SMILES string of the molecule is O=C(Cc1n[nH]c(=O)c2ccccc12)Nc1ccc(C23CC4CC(CC(C4)C2)C3)cc1. The van der Waals surface area contributed by atoms with Crippen LogP contribution in [-0.2, 0) is 16.6 Å². The predicted octanol–water partition coefficient (Wildman–Crippen LogP) is 4.57. The number of nitrogens with one attached hydrogen (secondary N) is 2. The van der Waals surface area contributed by atoms with Crippen molar-refractivity contribution in [1.29, 1.82) is 0 Å². The van der Waals surface area contributed by atoms with E-state index in [9.17, 15) is 9.59 Å². The predicted molar refractivity (Wildman–Crippen MR) is 121 cm³/mol. The van der Waals surface area contributed by atoms with Crippen LogP contribution in [0.4, 0.5) is 5.69 Å². The van der Waals surface area contributed by atoms with Crippen LogP contribution < -0.4 is 10.9 Å². The Morgan fingerprint density at radius 2 is 1.55 bits per heavy atom. The minimum atomic E-state index is -0.236. The van der Waals surface area contributed by atoms with Crippen LogP contribution in [0.3, 0.4) is 0 Å². The van der Waals surface area contributed by atoms with E-state index in [0.717, 1.165) is 28.8 Å². The molecule has 0 saturated heterocycles. The summed E-state index contributed by atoms with van der Waals surface area (Å²) in [5, 5.41) is 10.9. The molecule has 5 nitrogen and oxygen atoms in total. The molecule has 4 fully saturated rings. The van der Waals surface area contributed by atoms with Crippen LogP contribution in [-0.4, -0.2) is 16.1 Å². The van der Waals surface area contributed by atoms with Gasteiger partial charge in [0.15, 0.2) is 0 Å². The highest BCUT2D eigenvalue weighted by molar-refractivity contribution is 5.95. The molecular formula is C26H27N3O2. The molecule has 4 bridgehead atoms. The molecule has 2 aromatic carbocycles. The fourth-order valence-corrected chi connectivity index (χ4v) is 7.03. The largest absolute Gasteiger partial charge is 0.326 e. The van der Waals surface area contributed by atoms with Crippen molar-refractivity contribution in [2.24, 2.45) is 17.8 Å². The van der Waals surface area contributed by atoms with Gasteiger partial charge in [-0.1, -0.05) is 30.3 Å². The molecule has 3 aromatic rings. The molecule has 4 aliphatic rings. The van der Waals surface area contributed by atoms with Crippen molar-refractivity contribution >= 4 is 22.4 Å². The van der Waals surface area contributed by atoms with Gasteiger partial charge in [-0.15, -0.1) is 0 Å². The first-order valence-electron chi connectivity index (χ1n) is 11.4. The third kappa shape index (κ3) is 3.27. The average Bonchev–Trinajstić information content (AvgIpc) is 2.75. The maximum absolute atomic E-state index is 12.7. The molecule has 1 amide bonds. The van der Waals surface area contributed by atoms with Crippen molar-refractivity contribution in [1.82, 2.24) is 10.2 Å². The topological polar surface area (TPSA) is 74.8 Å². The first-order valence-corrected chi connectivity index (χ1v) is 11.4. The molecule has 31 heavy (non-hydrogen) atoms. The molecule has 4 aliphatic carbocycles. The average molecular weight is 414 g/mol. The molecule has 4 saturated carbocycles. The Kier molecular flexibility index (Phi) is 4.27. The van der Waals surface area contributed by atoms with Crippen molar-refractivity contribution in [3.63, 3.8) is 0 Å². The van der Waals surface area contributed by atoms with E-state index in [-0.39, 0.29) is 17.9 Å². The maximum atomic E-state index is 12.7. The quantitative estimate of drug-likeness (QED) is 0.658. The molecule has 1 heterocycles. The van der Waals surface area contributed by atoms with Gasteiger partial charge in [0.05, 0.1) is 17.5 Å². The summed E-state index contributed by atoms with van der Waals surface area (Å²) in [6, 6.07) is 15.8. The third-order valence-corrected chi connectivity index (χ3v) is 7.92. The van der Waals surface area contributed by atoms with Gasteiger partial charge in [0, 0.05) is 11.1 Å². The second kappa shape index (κ2) is 7.04. The summed E-state index contributed by atoms with van der Waals surface area (Å²) in [4.78, 5) is 24.6. The van der Waals surface area contributed by atoms with Crippen molar-refractivity contribution in [2.45, 2.75) is 50.4 Å². The van der Waals surface area contributed by atoms with Gasteiger partial charge in [-0.05, 0) is 85.5 Å². The number of nitrogens with zero attached hydrogens (tertiary/aromatic N) is 1. The fraction of sp³-hybridized carbons (Fsp3) is 0.423. The number of aromatic nitrogens is 2. The standard InChI is InChI=1S/C26H27N3O2/c30-24(12-23-21-3-1-2-4-22(21)25(31)29-28-23)27-20-7-5-19(6-8-20)26-13-16-9-17(14-26)11-18(10-16)15-26/h1-8,16-18H,9-15H2,(H,27,30)(H,29,31). The van der Waals surface area contributed by atoms with Gasteiger partial charge in [-0.25, -0.2) is 5.10 Å². The number of hydrogen-bond donors (Lipinski definition) is 2. The molecule has 2 N–H and O–H groups in total. The van der Waals surface area contributed by atoms with Crippen LogP contribution in [0.25, 0.3) is 10.8 Å². The lowest BCUT2D eigenvalue weighted by molar-refractivity contribution is -0.115. The molecule has 0 spiro atoms. The van der Waals surface area contributed by atoms with E-state index in [2.05, 4.69) is 27.6 Å². The molecule has 5 heteroatoms. The van der Waals surface area contributed by atoms with Crippen LogP contribution >= 0.6 is 0 Å². The monoisotopic (exact) mass is 413 g/mol. The van der Waals surface area contributed by atoms with Gasteiger partial charge in [-0.3, -0.25) is 9.59 Å². The minimum absolute atomic E-state index is 0.119. The third-order valence-electron chi connectivity index (χ3n) is 7.92. The van der Waals surface area contributed by atoms with Crippen molar-refractivity contribution in [3.05, 3.63) is 70.1 Å². The Morgan fingerprint density at radius 3 is 2.19 bits per heavy atom. The molecule has 0 unspecified atom stereocenters.